The van der Waals surface area contributed by atoms with E-state index in [1.165, 1.54) is 112 Å². The fourth-order valence-electron chi connectivity index (χ4n) is 6.29. The molecule has 2 aromatic rings. The van der Waals surface area contributed by atoms with Crippen molar-refractivity contribution in [3.63, 3.8) is 0 Å². The van der Waals surface area contributed by atoms with Crippen molar-refractivity contribution in [1.29, 1.82) is 0 Å². The van der Waals surface area contributed by atoms with Crippen LogP contribution in [0, 0.1) is 0 Å². The van der Waals surface area contributed by atoms with E-state index in [0.717, 1.165) is 54.6 Å². The quantitative estimate of drug-likeness (QED) is 0.0977. The average Bonchev–Trinajstić information content (AvgIpc) is 3.30. The number of hydrogen-bond donors (Lipinski definition) is 0. The Morgan fingerprint density at radius 3 is 1.65 bits per heavy atom. The SMILES string of the molecule is CCCCCCCC=CC1=C(c2cccc(CCCC)c2)[N+](=[N-])C(c2cccc(CCCC)c2)=C1CCCCCCCC. The largest absolute Gasteiger partial charge is 0.493 e. The molecule has 0 radical (unpaired) electrons. The summed E-state index contributed by atoms with van der Waals surface area (Å²) < 4.78 is 1.55. The van der Waals surface area contributed by atoms with Crippen LogP contribution in [0.25, 0.3) is 16.9 Å². The summed E-state index contributed by atoms with van der Waals surface area (Å²) in [6.45, 7) is 9.07. The van der Waals surface area contributed by atoms with Gasteiger partial charge in [0.1, 0.15) is 0 Å². The maximum atomic E-state index is 12.1. The highest BCUT2D eigenvalue weighted by molar-refractivity contribution is 5.84. The van der Waals surface area contributed by atoms with Gasteiger partial charge in [0.2, 0.25) is 11.4 Å². The summed E-state index contributed by atoms with van der Waals surface area (Å²) in [5, 5.41) is 0. The summed E-state index contributed by atoms with van der Waals surface area (Å²) in [5.41, 5.74) is 21.5. The van der Waals surface area contributed by atoms with Gasteiger partial charge >= 0.3 is 0 Å². The first-order valence-electron chi connectivity index (χ1n) is 18.0. The molecule has 2 heteroatoms. The van der Waals surface area contributed by atoms with Gasteiger partial charge in [-0.15, -0.1) is 0 Å². The molecule has 1 aliphatic rings. The molecule has 0 fully saturated rings. The zero-order valence-electron chi connectivity index (χ0n) is 28.1. The molecule has 0 unspecified atom stereocenters. The van der Waals surface area contributed by atoms with Crippen molar-refractivity contribution in [2.24, 2.45) is 0 Å². The molecular formula is C41H60N2. The van der Waals surface area contributed by atoms with Gasteiger partial charge in [0, 0.05) is 16.7 Å². The first-order valence-corrected chi connectivity index (χ1v) is 18.0. The third kappa shape index (κ3) is 11.0. The van der Waals surface area contributed by atoms with Gasteiger partial charge in [-0.05, 0) is 86.8 Å². The van der Waals surface area contributed by atoms with E-state index in [1.54, 1.807) is 4.70 Å². The molecule has 1 aliphatic heterocycles. The summed E-state index contributed by atoms with van der Waals surface area (Å²) in [6, 6.07) is 17.9. The normalized spacial score (nSPS) is 13.7. The Bertz CT molecular complexity index is 1210. The lowest BCUT2D eigenvalue weighted by Gasteiger charge is -2.11. The van der Waals surface area contributed by atoms with E-state index in [2.05, 4.69) is 88.4 Å². The molecule has 0 atom stereocenters. The highest BCUT2D eigenvalue weighted by atomic mass is 15.2. The van der Waals surface area contributed by atoms with E-state index >= 15 is 0 Å². The smallest absolute Gasteiger partial charge is 0.215 e. The number of benzene rings is 2. The van der Waals surface area contributed by atoms with Crippen LogP contribution in [0.3, 0.4) is 0 Å². The highest BCUT2D eigenvalue weighted by Gasteiger charge is 2.34. The Hall–Kier alpha value is -2.74. The van der Waals surface area contributed by atoms with E-state index < -0.39 is 0 Å². The van der Waals surface area contributed by atoms with Gasteiger partial charge in [0.05, 0.1) is 5.57 Å². The average molecular weight is 581 g/mol. The number of unbranched alkanes of at least 4 members (excludes halogenated alkanes) is 12. The zero-order valence-corrected chi connectivity index (χ0v) is 28.1. The highest BCUT2D eigenvalue weighted by Crippen LogP contribution is 2.43. The van der Waals surface area contributed by atoms with Gasteiger partial charge in [-0.2, -0.15) is 0 Å². The fraction of sp³-hybridized carbons (Fsp3) is 0.561. The Morgan fingerprint density at radius 2 is 1.07 bits per heavy atom. The Kier molecular flexibility index (Phi) is 16.4. The monoisotopic (exact) mass is 580 g/mol. The van der Waals surface area contributed by atoms with Gasteiger partial charge in [-0.1, -0.05) is 135 Å². The Morgan fingerprint density at radius 1 is 0.558 bits per heavy atom. The van der Waals surface area contributed by atoms with Crippen LogP contribution >= 0.6 is 0 Å². The third-order valence-corrected chi connectivity index (χ3v) is 8.87. The van der Waals surface area contributed by atoms with Crippen LogP contribution in [-0.2, 0) is 12.8 Å². The lowest BCUT2D eigenvalue weighted by Crippen LogP contribution is -2.03. The van der Waals surface area contributed by atoms with Crippen molar-refractivity contribution < 1.29 is 4.70 Å². The summed E-state index contributed by atoms with van der Waals surface area (Å²) in [4.78, 5) is 0. The Balaban J connectivity index is 2.03. The molecule has 0 aliphatic carbocycles. The second-order valence-electron chi connectivity index (χ2n) is 12.6. The summed E-state index contributed by atoms with van der Waals surface area (Å²) in [5.74, 6) is 0. The molecule has 0 saturated carbocycles. The van der Waals surface area contributed by atoms with Gasteiger partial charge < -0.3 is 5.53 Å². The minimum atomic E-state index is 0.954. The van der Waals surface area contributed by atoms with E-state index in [4.69, 9.17) is 0 Å². The lowest BCUT2D eigenvalue weighted by atomic mass is 9.93. The lowest BCUT2D eigenvalue weighted by molar-refractivity contribution is -0.345. The van der Waals surface area contributed by atoms with E-state index in [9.17, 15) is 5.53 Å². The van der Waals surface area contributed by atoms with E-state index in [-0.39, 0.29) is 0 Å². The molecule has 0 N–H and O–H groups in total. The van der Waals surface area contributed by atoms with Crippen molar-refractivity contribution in [3.8, 4) is 0 Å². The van der Waals surface area contributed by atoms with E-state index in [1.807, 2.05) is 0 Å². The van der Waals surface area contributed by atoms with Crippen molar-refractivity contribution in [3.05, 3.63) is 99.6 Å². The maximum absolute atomic E-state index is 12.1. The molecule has 234 valence electrons. The number of aryl methyl sites for hydroxylation is 2. The molecular weight excluding hydrogens is 520 g/mol. The molecule has 3 rings (SSSR count). The molecule has 1 heterocycles. The van der Waals surface area contributed by atoms with Crippen LogP contribution in [0.15, 0.2) is 71.8 Å². The third-order valence-electron chi connectivity index (χ3n) is 8.87. The molecule has 43 heavy (non-hydrogen) atoms. The molecule has 2 aromatic carbocycles. The molecule has 2 nitrogen and oxygen atoms in total. The van der Waals surface area contributed by atoms with Crippen molar-refractivity contribution in [2.75, 3.05) is 0 Å². The predicted octanol–water partition coefficient (Wildman–Crippen LogP) is 13.2. The number of allylic oxidation sites excluding steroid dienone is 4. The van der Waals surface area contributed by atoms with Crippen LogP contribution in [0.5, 0.6) is 0 Å². The standard InChI is InChI=1S/C41H60N2/c1-5-9-13-15-17-19-21-31-39-38(30-20-18-16-14-10-6-2)40(36-28-22-26-34(32-36)24-11-7-3)43(42)41(39)37-29-23-27-35(33-37)25-12-8-4/h21-23,26-29,31-33H,5-20,24-25,30H2,1-4H3. The van der Waals surface area contributed by atoms with E-state index in [0.29, 0.717) is 0 Å². The van der Waals surface area contributed by atoms with Crippen LogP contribution in [0.1, 0.15) is 159 Å². The minimum Gasteiger partial charge on any atom is -0.493 e. The minimum absolute atomic E-state index is 0.954. The van der Waals surface area contributed by atoms with Crippen molar-refractivity contribution in [2.45, 2.75) is 150 Å². The molecule has 0 spiro atoms. The zero-order chi connectivity index (χ0) is 30.7. The second kappa shape index (κ2) is 20.3. The van der Waals surface area contributed by atoms with Gasteiger partial charge in [0.15, 0.2) is 0 Å². The summed E-state index contributed by atoms with van der Waals surface area (Å²) >= 11 is 0. The molecule has 0 bridgehead atoms. The maximum Gasteiger partial charge on any atom is 0.215 e. The summed E-state index contributed by atoms with van der Waals surface area (Å²) in [7, 11) is 0. The Labute approximate surface area is 264 Å². The first kappa shape index (κ1) is 34.7. The number of hydrogen-bond acceptors (Lipinski definition) is 0. The number of nitrogens with zero attached hydrogens (tertiary/aromatic N) is 2. The second-order valence-corrected chi connectivity index (χ2v) is 12.6. The predicted molar refractivity (Wildman–Crippen MR) is 188 cm³/mol. The van der Waals surface area contributed by atoms with Gasteiger partial charge in [-0.3, -0.25) is 0 Å². The van der Waals surface area contributed by atoms with Crippen LogP contribution < -0.4 is 0 Å². The van der Waals surface area contributed by atoms with Crippen molar-refractivity contribution >= 4 is 11.4 Å². The fourth-order valence-corrected chi connectivity index (χ4v) is 6.29. The topological polar surface area (TPSA) is 25.3 Å². The van der Waals surface area contributed by atoms with Crippen LogP contribution in [0.2, 0.25) is 0 Å². The summed E-state index contributed by atoms with van der Waals surface area (Å²) in [6.07, 6.45) is 27.8. The van der Waals surface area contributed by atoms with Crippen molar-refractivity contribution in [1.82, 2.24) is 0 Å². The molecule has 0 aromatic heterocycles. The van der Waals surface area contributed by atoms with Crippen LogP contribution in [-0.4, -0.2) is 4.70 Å². The first-order chi connectivity index (χ1) is 21.1. The number of rotatable bonds is 22. The van der Waals surface area contributed by atoms with Crippen LogP contribution in [0.4, 0.5) is 0 Å². The molecule has 0 amide bonds. The van der Waals surface area contributed by atoms with Gasteiger partial charge in [-0.25, -0.2) is 4.70 Å². The van der Waals surface area contributed by atoms with Gasteiger partial charge in [0.25, 0.3) is 0 Å². The molecule has 0 saturated heterocycles.